The fraction of sp³-hybridized carbons (Fsp3) is 1.00. The largest absolute Gasteiger partial charge is 0.325 e. The molecule has 0 heterocycles. The SMILES string of the molecule is CCCCC(CC)CC1(N)CC(C)(C)CC(C)(C)C1. The van der Waals surface area contributed by atoms with Gasteiger partial charge in [-0.15, -0.1) is 0 Å². The van der Waals surface area contributed by atoms with Crippen molar-refractivity contribution in [2.75, 3.05) is 0 Å². The summed E-state index contributed by atoms with van der Waals surface area (Å²) >= 11 is 0. The molecular formula is C18H37N. The Kier molecular flexibility index (Phi) is 5.52. The highest BCUT2D eigenvalue weighted by molar-refractivity contribution is 5.01. The van der Waals surface area contributed by atoms with Gasteiger partial charge in [0, 0.05) is 5.54 Å². The van der Waals surface area contributed by atoms with Crippen LogP contribution in [0.5, 0.6) is 0 Å². The van der Waals surface area contributed by atoms with E-state index in [-0.39, 0.29) is 5.54 Å². The average Bonchev–Trinajstić information content (AvgIpc) is 2.18. The second-order valence-corrected chi connectivity index (χ2v) is 8.84. The molecule has 1 aliphatic carbocycles. The molecule has 1 rings (SSSR count). The summed E-state index contributed by atoms with van der Waals surface area (Å²) in [7, 11) is 0. The molecule has 0 aromatic rings. The quantitative estimate of drug-likeness (QED) is 0.673. The molecule has 1 saturated carbocycles. The summed E-state index contributed by atoms with van der Waals surface area (Å²) in [5.41, 5.74) is 7.73. The van der Waals surface area contributed by atoms with Crippen LogP contribution in [0, 0.1) is 16.7 Å². The lowest BCUT2D eigenvalue weighted by Gasteiger charge is -2.51. The number of nitrogens with two attached hydrogens (primary N) is 1. The third kappa shape index (κ3) is 5.45. The Labute approximate surface area is 121 Å². The van der Waals surface area contributed by atoms with E-state index in [0.717, 1.165) is 5.92 Å². The van der Waals surface area contributed by atoms with Gasteiger partial charge >= 0.3 is 0 Å². The molecule has 0 radical (unpaired) electrons. The van der Waals surface area contributed by atoms with Gasteiger partial charge in [0.2, 0.25) is 0 Å². The van der Waals surface area contributed by atoms with Crippen molar-refractivity contribution in [3.05, 3.63) is 0 Å². The van der Waals surface area contributed by atoms with Crippen molar-refractivity contribution < 1.29 is 0 Å². The maximum absolute atomic E-state index is 6.86. The number of rotatable bonds is 6. The van der Waals surface area contributed by atoms with Crippen molar-refractivity contribution in [1.82, 2.24) is 0 Å². The molecule has 0 amide bonds. The van der Waals surface area contributed by atoms with E-state index in [2.05, 4.69) is 41.5 Å². The van der Waals surface area contributed by atoms with Gasteiger partial charge in [-0.2, -0.15) is 0 Å². The number of unbranched alkanes of at least 4 members (excludes halogenated alkanes) is 1. The van der Waals surface area contributed by atoms with Crippen molar-refractivity contribution in [3.8, 4) is 0 Å². The van der Waals surface area contributed by atoms with Crippen LogP contribution in [0.2, 0.25) is 0 Å². The second kappa shape index (κ2) is 6.16. The molecule has 1 heteroatoms. The molecule has 1 aliphatic rings. The van der Waals surface area contributed by atoms with Crippen LogP contribution in [0.25, 0.3) is 0 Å². The Morgan fingerprint density at radius 2 is 1.47 bits per heavy atom. The fourth-order valence-corrected chi connectivity index (χ4v) is 5.05. The summed E-state index contributed by atoms with van der Waals surface area (Å²) in [4.78, 5) is 0. The minimum Gasteiger partial charge on any atom is -0.325 e. The number of hydrogen-bond donors (Lipinski definition) is 1. The first-order chi connectivity index (χ1) is 8.61. The minimum absolute atomic E-state index is 0.0691. The van der Waals surface area contributed by atoms with Crippen molar-refractivity contribution in [2.45, 2.75) is 98.4 Å². The molecule has 0 bridgehead atoms. The predicted octanol–water partition coefficient (Wildman–Crippen LogP) is 5.53. The van der Waals surface area contributed by atoms with Gasteiger partial charge in [0.15, 0.2) is 0 Å². The van der Waals surface area contributed by atoms with Crippen molar-refractivity contribution in [2.24, 2.45) is 22.5 Å². The van der Waals surface area contributed by atoms with Crippen molar-refractivity contribution >= 4 is 0 Å². The van der Waals surface area contributed by atoms with Gasteiger partial charge in [0.05, 0.1) is 0 Å². The van der Waals surface area contributed by atoms with Crippen molar-refractivity contribution in [3.63, 3.8) is 0 Å². The molecule has 0 spiro atoms. The molecular weight excluding hydrogens is 230 g/mol. The Balaban J connectivity index is 2.72. The first-order valence-corrected chi connectivity index (χ1v) is 8.40. The van der Waals surface area contributed by atoms with Crippen LogP contribution in [0.3, 0.4) is 0 Å². The van der Waals surface area contributed by atoms with Crippen LogP contribution in [0.15, 0.2) is 0 Å². The van der Waals surface area contributed by atoms with Gasteiger partial charge in [-0.05, 0) is 42.4 Å². The Morgan fingerprint density at radius 1 is 0.947 bits per heavy atom. The second-order valence-electron chi connectivity index (χ2n) is 8.84. The van der Waals surface area contributed by atoms with Crippen LogP contribution in [0.1, 0.15) is 92.9 Å². The fourth-order valence-electron chi connectivity index (χ4n) is 5.05. The van der Waals surface area contributed by atoms with Crippen LogP contribution >= 0.6 is 0 Å². The molecule has 1 atom stereocenters. The number of hydrogen-bond acceptors (Lipinski definition) is 1. The Bertz CT molecular complexity index is 261. The normalized spacial score (nSPS) is 26.1. The standard InChI is InChI=1S/C18H37N/c1-7-9-10-15(8-2)11-18(19)13-16(3,4)12-17(5,6)14-18/h15H,7-14,19H2,1-6H3. The summed E-state index contributed by atoms with van der Waals surface area (Å²) in [6.07, 6.45) is 10.3. The van der Waals surface area contributed by atoms with Crippen LogP contribution in [-0.4, -0.2) is 5.54 Å². The minimum atomic E-state index is 0.0691. The van der Waals surface area contributed by atoms with E-state index in [1.807, 2.05) is 0 Å². The highest BCUT2D eigenvalue weighted by Gasteiger charge is 2.45. The molecule has 1 nitrogen and oxygen atoms in total. The maximum atomic E-state index is 6.86. The molecule has 0 aliphatic heterocycles. The van der Waals surface area contributed by atoms with E-state index in [4.69, 9.17) is 5.73 Å². The van der Waals surface area contributed by atoms with E-state index in [1.165, 1.54) is 51.4 Å². The third-order valence-electron chi connectivity index (χ3n) is 4.86. The van der Waals surface area contributed by atoms with E-state index < -0.39 is 0 Å². The average molecular weight is 268 g/mol. The van der Waals surface area contributed by atoms with Crippen molar-refractivity contribution in [1.29, 1.82) is 0 Å². The van der Waals surface area contributed by atoms with Gasteiger partial charge in [-0.25, -0.2) is 0 Å². The summed E-state index contributed by atoms with van der Waals surface area (Å²) < 4.78 is 0. The molecule has 114 valence electrons. The van der Waals surface area contributed by atoms with Crippen LogP contribution in [-0.2, 0) is 0 Å². The Hall–Kier alpha value is -0.0400. The smallest absolute Gasteiger partial charge is 0.0167 e. The van der Waals surface area contributed by atoms with Gasteiger partial charge in [-0.3, -0.25) is 0 Å². The highest BCUT2D eigenvalue weighted by atomic mass is 14.8. The molecule has 19 heavy (non-hydrogen) atoms. The first kappa shape index (κ1) is 17.0. The zero-order valence-electron chi connectivity index (χ0n) is 14.3. The zero-order chi connectivity index (χ0) is 14.7. The molecule has 0 aromatic carbocycles. The molecule has 1 unspecified atom stereocenters. The zero-order valence-corrected chi connectivity index (χ0v) is 14.3. The summed E-state index contributed by atoms with van der Waals surface area (Å²) in [6.45, 7) is 14.2. The molecule has 0 aromatic heterocycles. The Morgan fingerprint density at radius 3 is 1.89 bits per heavy atom. The topological polar surface area (TPSA) is 26.0 Å². The monoisotopic (exact) mass is 267 g/mol. The predicted molar refractivity (Wildman–Crippen MR) is 86.3 cm³/mol. The van der Waals surface area contributed by atoms with Gasteiger partial charge in [0.25, 0.3) is 0 Å². The van der Waals surface area contributed by atoms with Gasteiger partial charge < -0.3 is 5.73 Å². The van der Waals surface area contributed by atoms with E-state index >= 15 is 0 Å². The highest BCUT2D eigenvalue weighted by Crippen LogP contribution is 2.51. The van der Waals surface area contributed by atoms with E-state index in [0.29, 0.717) is 10.8 Å². The van der Waals surface area contributed by atoms with Gasteiger partial charge in [0.1, 0.15) is 0 Å². The van der Waals surface area contributed by atoms with Crippen LogP contribution < -0.4 is 5.73 Å². The lowest BCUT2D eigenvalue weighted by Crippen LogP contribution is -2.53. The first-order valence-electron chi connectivity index (χ1n) is 8.40. The van der Waals surface area contributed by atoms with E-state index in [9.17, 15) is 0 Å². The summed E-state index contributed by atoms with van der Waals surface area (Å²) in [5, 5.41) is 0. The summed E-state index contributed by atoms with van der Waals surface area (Å²) in [5.74, 6) is 0.828. The maximum Gasteiger partial charge on any atom is 0.0167 e. The van der Waals surface area contributed by atoms with Crippen LogP contribution in [0.4, 0.5) is 0 Å². The summed E-state index contributed by atoms with van der Waals surface area (Å²) in [6, 6.07) is 0. The molecule has 1 fully saturated rings. The lowest BCUT2D eigenvalue weighted by atomic mass is 9.57. The van der Waals surface area contributed by atoms with Gasteiger partial charge in [-0.1, -0.05) is 67.2 Å². The lowest BCUT2D eigenvalue weighted by molar-refractivity contribution is 0.0349. The molecule has 0 saturated heterocycles. The van der Waals surface area contributed by atoms with E-state index in [1.54, 1.807) is 0 Å². The third-order valence-corrected chi connectivity index (χ3v) is 4.86. The molecule has 2 N–H and O–H groups in total.